The first kappa shape index (κ1) is 26.4. The summed E-state index contributed by atoms with van der Waals surface area (Å²) >= 11 is 1.26. The van der Waals surface area contributed by atoms with E-state index >= 15 is 0 Å². The molecule has 0 unspecified atom stereocenters. The standard InChI is InChI=1S/C25H24N8O4S/c1-15(34)28-17-7-5-16(6-8-17)21-19(13-26)22(27)31-24(30-21)38-14-18-3-2-4-20(29-18)23(35)32-9-11-33(12-10-32)25(36)37/h2-8H,9-12,14H2,1H3,(H,28,34)(H,36,37)(H2,27,30,31). The number of anilines is 2. The summed E-state index contributed by atoms with van der Waals surface area (Å²) in [5, 5.41) is 21.7. The number of piperazine rings is 1. The fraction of sp³-hybridized carbons (Fsp3) is 0.240. The minimum absolute atomic E-state index is 0.0447. The first-order chi connectivity index (χ1) is 18.2. The summed E-state index contributed by atoms with van der Waals surface area (Å²) in [6.45, 7) is 2.54. The monoisotopic (exact) mass is 532 g/mol. The number of hydrogen-bond donors (Lipinski definition) is 3. The van der Waals surface area contributed by atoms with Crippen molar-refractivity contribution in [1.82, 2.24) is 24.8 Å². The van der Waals surface area contributed by atoms with Gasteiger partial charge in [0, 0.05) is 50.1 Å². The van der Waals surface area contributed by atoms with Gasteiger partial charge in [-0.1, -0.05) is 30.0 Å². The quantitative estimate of drug-likeness (QED) is 0.316. The van der Waals surface area contributed by atoms with Crippen molar-refractivity contribution in [3.8, 4) is 17.3 Å². The van der Waals surface area contributed by atoms with Crippen LogP contribution < -0.4 is 11.1 Å². The summed E-state index contributed by atoms with van der Waals surface area (Å²) in [6.07, 6.45) is -0.995. The number of carboxylic acid groups (broad SMARTS) is 1. The zero-order valence-electron chi connectivity index (χ0n) is 20.4. The van der Waals surface area contributed by atoms with Gasteiger partial charge < -0.3 is 26.0 Å². The lowest BCUT2D eigenvalue weighted by molar-refractivity contribution is -0.114. The van der Waals surface area contributed by atoms with Gasteiger partial charge in [-0.3, -0.25) is 9.59 Å². The van der Waals surface area contributed by atoms with E-state index in [1.165, 1.54) is 23.6 Å². The van der Waals surface area contributed by atoms with E-state index in [0.717, 1.165) is 0 Å². The molecule has 0 aliphatic carbocycles. The lowest BCUT2D eigenvalue weighted by Gasteiger charge is -2.32. The normalized spacial score (nSPS) is 13.1. The number of pyridine rings is 1. The van der Waals surface area contributed by atoms with Crippen LogP contribution in [0.2, 0.25) is 0 Å². The molecule has 1 aliphatic heterocycles. The van der Waals surface area contributed by atoms with E-state index < -0.39 is 6.09 Å². The number of nitrogen functional groups attached to an aromatic ring is 1. The molecule has 2 aromatic heterocycles. The third-order valence-electron chi connectivity index (χ3n) is 5.72. The Morgan fingerprint density at radius 1 is 1.05 bits per heavy atom. The summed E-state index contributed by atoms with van der Waals surface area (Å²) in [5.74, 6) is -0.0603. The molecule has 1 saturated heterocycles. The zero-order valence-corrected chi connectivity index (χ0v) is 21.2. The van der Waals surface area contributed by atoms with Crippen LogP contribution in [0.1, 0.15) is 28.7 Å². The molecule has 0 saturated carbocycles. The molecule has 12 nitrogen and oxygen atoms in total. The highest BCUT2D eigenvalue weighted by Crippen LogP contribution is 2.29. The third kappa shape index (κ3) is 6.16. The minimum atomic E-state index is -0.995. The second-order valence-corrected chi connectivity index (χ2v) is 9.29. The van der Waals surface area contributed by atoms with Gasteiger partial charge in [-0.15, -0.1) is 0 Å². The first-order valence-electron chi connectivity index (χ1n) is 11.6. The molecule has 3 amide bonds. The molecule has 3 heterocycles. The van der Waals surface area contributed by atoms with Crippen LogP contribution in [0.15, 0.2) is 47.6 Å². The molecule has 38 heavy (non-hydrogen) atoms. The Labute approximate surface area is 222 Å². The SMILES string of the molecule is CC(=O)Nc1ccc(-c2nc(SCc3cccc(C(=O)N4CCN(C(=O)O)CC4)n3)nc(N)c2C#N)cc1. The van der Waals surface area contributed by atoms with Crippen molar-refractivity contribution in [3.05, 3.63) is 59.4 Å². The Morgan fingerprint density at radius 3 is 2.37 bits per heavy atom. The maximum absolute atomic E-state index is 12.9. The van der Waals surface area contributed by atoms with E-state index in [2.05, 4.69) is 26.3 Å². The highest BCUT2D eigenvalue weighted by atomic mass is 32.2. The number of amides is 3. The number of thioether (sulfide) groups is 1. The van der Waals surface area contributed by atoms with Crippen molar-refractivity contribution < 1.29 is 19.5 Å². The highest BCUT2D eigenvalue weighted by Gasteiger charge is 2.25. The Balaban J connectivity index is 1.48. The summed E-state index contributed by atoms with van der Waals surface area (Å²) in [4.78, 5) is 51.4. The molecule has 0 atom stereocenters. The number of nitriles is 1. The number of nitrogens with two attached hydrogens (primary N) is 1. The second-order valence-electron chi connectivity index (χ2n) is 8.35. The molecule has 4 rings (SSSR count). The lowest BCUT2D eigenvalue weighted by Crippen LogP contribution is -2.50. The number of nitrogens with zero attached hydrogens (tertiary/aromatic N) is 6. The number of carbonyl (C=O) groups is 3. The maximum Gasteiger partial charge on any atom is 0.407 e. The average molecular weight is 533 g/mol. The number of carbonyl (C=O) groups excluding carboxylic acids is 2. The largest absolute Gasteiger partial charge is 0.465 e. The van der Waals surface area contributed by atoms with Crippen molar-refractivity contribution in [2.24, 2.45) is 0 Å². The van der Waals surface area contributed by atoms with Crippen LogP contribution in [-0.4, -0.2) is 73.9 Å². The summed E-state index contributed by atoms with van der Waals surface area (Å²) in [5.41, 5.74) is 8.72. The topological polar surface area (TPSA) is 178 Å². The van der Waals surface area contributed by atoms with E-state index in [9.17, 15) is 19.6 Å². The van der Waals surface area contributed by atoms with Crippen molar-refractivity contribution in [1.29, 1.82) is 5.26 Å². The first-order valence-corrected chi connectivity index (χ1v) is 12.5. The predicted octanol–water partition coefficient (Wildman–Crippen LogP) is 2.68. The van der Waals surface area contributed by atoms with Gasteiger partial charge in [-0.2, -0.15) is 5.26 Å². The fourth-order valence-corrected chi connectivity index (χ4v) is 4.59. The molecule has 1 aliphatic rings. The van der Waals surface area contributed by atoms with Gasteiger partial charge in [0.1, 0.15) is 23.1 Å². The van der Waals surface area contributed by atoms with Crippen molar-refractivity contribution in [2.75, 3.05) is 37.2 Å². The van der Waals surface area contributed by atoms with Gasteiger partial charge in [0.25, 0.3) is 5.91 Å². The van der Waals surface area contributed by atoms with Gasteiger partial charge >= 0.3 is 6.09 Å². The van der Waals surface area contributed by atoms with Crippen LogP contribution in [-0.2, 0) is 10.5 Å². The Bertz CT molecular complexity index is 1420. The number of benzene rings is 1. The Morgan fingerprint density at radius 2 is 1.74 bits per heavy atom. The lowest BCUT2D eigenvalue weighted by atomic mass is 10.1. The van der Waals surface area contributed by atoms with Crippen LogP contribution in [0.3, 0.4) is 0 Å². The van der Waals surface area contributed by atoms with E-state index in [1.807, 2.05) is 0 Å². The summed E-state index contributed by atoms with van der Waals surface area (Å²) in [6, 6.07) is 14.1. The van der Waals surface area contributed by atoms with Crippen LogP contribution >= 0.6 is 11.8 Å². The molecular weight excluding hydrogens is 508 g/mol. The van der Waals surface area contributed by atoms with Crippen LogP contribution in [0, 0.1) is 11.3 Å². The third-order valence-corrected chi connectivity index (χ3v) is 6.60. The molecule has 4 N–H and O–H groups in total. The molecule has 0 bridgehead atoms. The fourth-order valence-electron chi connectivity index (χ4n) is 3.84. The molecule has 0 spiro atoms. The molecule has 1 fully saturated rings. The highest BCUT2D eigenvalue weighted by molar-refractivity contribution is 7.98. The number of nitrogens with one attached hydrogen (secondary N) is 1. The number of aromatic nitrogens is 3. The van der Waals surface area contributed by atoms with Crippen molar-refractivity contribution in [2.45, 2.75) is 17.8 Å². The molecule has 1 aromatic carbocycles. The number of hydrogen-bond acceptors (Lipinski definition) is 9. The van der Waals surface area contributed by atoms with Gasteiger partial charge in [-0.25, -0.2) is 19.7 Å². The predicted molar refractivity (Wildman–Crippen MR) is 140 cm³/mol. The van der Waals surface area contributed by atoms with Crippen molar-refractivity contribution in [3.63, 3.8) is 0 Å². The van der Waals surface area contributed by atoms with Gasteiger partial charge in [-0.05, 0) is 24.3 Å². The second kappa shape index (κ2) is 11.6. The average Bonchev–Trinajstić information content (AvgIpc) is 2.91. The zero-order chi connectivity index (χ0) is 27.2. The smallest absolute Gasteiger partial charge is 0.407 e. The van der Waals surface area contributed by atoms with E-state index in [0.29, 0.717) is 46.6 Å². The maximum atomic E-state index is 12.9. The van der Waals surface area contributed by atoms with Gasteiger partial charge in [0.2, 0.25) is 5.91 Å². The molecule has 0 radical (unpaired) electrons. The van der Waals surface area contributed by atoms with Crippen LogP contribution in [0.4, 0.5) is 16.3 Å². The van der Waals surface area contributed by atoms with E-state index in [4.69, 9.17) is 10.8 Å². The molecule has 3 aromatic rings. The van der Waals surface area contributed by atoms with E-state index in [-0.39, 0.29) is 42.0 Å². The number of rotatable bonds is 6. The Hall–Kier alpha value is -4.70. The van der Waals surface area contributed by atoms with E-state index in [1.54, 1.807) is 47.4 Å². The molecule has 13 heteroatoms. The summed E-state index contributed by atoms with van der Waals surface area (Å²) < 4.78 is 0. The summed E-state index contributed by atoms with van der Waals surface area (Å²) in [7, 11) is 0. The van der Waals surface area contributed by atoms with Crippen LogP contribution in [0.5, 0.6) is 0 Å². The molecule has 194 valence electrons. The van der Waals surface area contributed by atoms with Gasteiger partial charge in [0.05, 0.1) is 11.4 Å². The van der Waals surface area contributed by atoms with Crippen LogP contribution in [0.25, 0.3) is 11.3 Å². The van der Waals surface area contributed by atoms with Gasteiger partial charge in [0.15, 0.2) is 5.16 Å². The minimum Gasteiger partial charge on any atom is -0.465 e. The molecular formula is C25H24N8O4S. The Kier molecular flexibility index (Phi) is 8.03. The van der Waals surface area contributed by atoms with Crippen molar-refractivity contribution >= 4 is 41.2 Å².